The van der Waals surface area contributed by atoms with Gasteiger partial charge in [-0.15, -0.1) is 0 Å². The Bertz CT molecular complexity index is 555. The van der Waals surface area contributed by atoms with Crippen LogP contribution in [0.5, 0.6) is 5.75 Å². The largest absolute Gasteiger partial charge is 0.486 e. The van der Waals surface area contributed by atoms with Crippen molar-refractivity contribution in [3.8, 4) is 17.6 Å². The third-order valence-electron chi connectivity index (χ3n) is 3.00. The van der Waals surface area contributed by atoms with E-state index in [0.717, 1.165) is 0 Å². The van der Waals surface area contributed by atoms with Crippen LogP contribution in [0.15, 0.2) is 12.5 Å². The zero-order chi connectivity index (χ0) is 14.5. The normalized spacial score (nSPS) is 21.2. The summed E-state index contributed by atoms with van der Waals surface area (Å²) in [5, 5.41) is 0. The molecule has 0 radical (unpaired) electrons. The third kappa shape index (κ3) is 3.15. The smallest absolute Gasteiger partial charge is 0.298 e. The number of carbonyl (C=O) groups is 1. The summed E-state index contributed by atoms with van der Waals surface area (Å²) in [7, 11) is 0. The molecule has 1 fully saturated rings. The molecular formula is C13H15FN4O2. The van der Waals surface area contributed by atoms with Gasteiger partial charge in [0, 0.05) is 6.42 Å². The van der Waals surface area contributed by atoms with Gasteiger partial charge in [-0.1, -0.05) is 5.92 Å². The number of ether oxygens (including phenoxy) is 1. The van der Waals surface area contributed by atoms with Crippen molar-refractivity contribution in [2.75, 3.05) is 18.9 Å². The molecule has 6 nitrogen and oxygen atoms in total. The first kappa shape index (κ1) is 14.1. The zero-order valence-corrected chi connectivity index (χ0v) is 11.0. The molecule has 0 unspecified atom stereocenters. The van der Waals surface area contributed by atoms with E-state index in [1.165, 1.54) is 17.4 Å². The maximum absolute atomic E-state index is 13.5. The number of carbonyl (C=O) groups excluding carboxylic acids is 1. The van der Waals surface area contributed by atoms with E-state index in [0.29, 0.717) is 5.75 Å². The fourth-order valence-electron chi connectivity index (χ4n) is 2.07. The van der Waals surface area contributed by atoms with Gasteiger partial charge in [0.15, 0.2) is 11.6 Å². The Balaban J connectivity index is 2.01. The zero-order valence-electron chi connectivity index (χ0n) is 11.0. The topological polar surface area (TPSA) is 81.3 Å². The van der Waals surface area contributed by atoms with Gasteiger partial charge < -0.3 is 15.4 Å². The van der Waals surface area contributed by atoms with E-state index in [9.17, 15) is 9.18 Å². The number of hydrogen-bond acceptors (Lipinski definition) is 5. The van der Waals surface area contributed by atoms with Gasteiger partial charge in [0.05, 0.1) is 18.8 Å². The van der Waals surface area contributed by atoms with Gasteiger partial charge in [0.1, 0.15) is 19.1 Å². The highest BCUT2D eigenvalue weighted by Gasteiger charge is 2.35. The molecule has 20 heavy (non-hydrogen) atoms. The molecule has 2 atom stereocenters. The van der Waals surface area contributed by atoms with Crippen LogP contribution in [-0.2, 0) is 4.79 Å². The molecular weight excluding hydrogens is 263 g/mol. The summed E-state index contributed by atoms with van der Waals surface area (Å²) in [6, 6.07) is -0.363. The molecule has 0 aliphatic carbocycles. The van der Waals surface area contributed by atoms with Gasteiger partial charge >= 0.3 is 0 Å². The van der Waals surface area contributed by atoms with Crippen molar-refractivity contribution < 1.29 is 13.9 Å². The molecule has 1 amide bonds. The molecule has 1 aromatic rings. The van der Waals surface area contributed by atoms with Crippen LogP contribution < -0.4 is 10.5 Å². The van der Waals surface area contributed by atoms with Crippen LogP contribution in [0.25, 0.3) is 0 Å². The quantitative estimate of drug-likeness (QED) is 0.809. The fourth-order valence-corrected chi connectivity index (χ4v) is 2.07. The van der Waals surface area contributed by atoms with Crippen LogP contribution in [0.3, 0.4) is 0 Å². The lowest BCUT2D eigenvalue weighted by molar-refractivity contribution is -0.126. The summed E-state index contributed by atoms with van der Waals surface area (Å²) in [5.74, 6) is 5.07. The van der Waals surface area contributed by atoms with Crippen molar-refractivity contribution >= 4 is 11.7 Å². The van der Waals surface area contributed by atoms with Crippen LogP contribution in [-0.4, -0.2) is 46.1 Å². The van der Waals surface area contributed by atoms with Gasteiger partial charge in [-0.3, -0.25) is 4.79 Å². The van der Waals surface area contributed by atoms with Gasteiger partial charge in [0.25, 0.3) is 5.91 Å². The van der Waals surface area contributed by atoms with Crippen LogP contribution in [0.2, 0.25) is 0 Å². The number of aromatic nitrogens is 2. The van der Waals surface area contributed by atoms with Crippen molar-refractivity contribution in [3.63, 3.8) is 0 Å². The van der Waals surface area contributed by atoms with E-state index in [-0.39, 0.29) is 31.4 Å². The number of rotatable bonds is 3. The summed E-state index contributed by atoms with van der Waals surface area (Å²) in [4.78, 5) is 20.7. The molecule has 106 valence electrons. The van der Waals surface area contributed by atoms with Crippen molar-refractivity contribution in [1.29, 1.82) is 0 Å². The molecule has 0 bridgehead atoms. The number of halogens is 1. The van der Waals surface area contributed by atoms with Gasteiger partial charge in [-0.25, -0.2) is 14.4 Å². The van der Waals surface area contributed by atoms with E-state index >= 15 is 0 Å². The maximum atomic E-state index is 13.5. The van der Waals surface area contributed by atoms with E-state index in [1.807, 2.05) is 0 Å². The molecule has 1 aliphatic heterocycles. The Labute approximate surface area is 116 Å². The second-order valence-electron chi connectivity index (χ2n) is 4.40. The Morgan fingerprint density at radius 3 is 3.20 bits per heavy atom. The van der Waals surface area contributed by atoms with Gasteiger partial charge in [-0.05, 0) is 12.8 Å². The number of anilines is 1. The second-order valence-corrected chi connectivity index (χ2v) is 4.40. The van der Waals surface area contributed by atoms with Crippen LogP contribution in [0, 0.1) is 11.8 Å². The van der Waals surface area contributed by atoms with Crippen molar-refractivity contribution in [2.24, 2.45) is 0 Å². The number of likely N-dealkylation sites (tertiary alicyclic amines) is 1. The van der Waals surface area contributed by atoms with Crippen LogP contribution >= 0.6 is 0 Å². The van der Waals surface area contributed by atoms with E-state index < -0.39 is 12.1 Å². The van der Waals surface area contributed by atoms with Crippen LogP contribution in [0.4, 0.5) is 10.2 Å². The highest BCUT2D eigenvalue weighted by molar-refractivity contribution is 5.93. The van der Waals surface area contributed by atoms with Crippen molar-refractivity contribution in [1.82, 2.24) is 14.9 Å². The predicted molar refractivity (Wildman–Crippen MR) is 70.4 cm³/mol. The van der Waals surface area contributed by atoms with Gasteiger partial charge in [0.2, 0.25) is 0 Å². The summed E-state index contributed by atoms with van der Waals surface area (Å²) in [6.07, 6.45) is 1.91. The average Bonchev–Trinajstić information content (AvgIpc) is 2.79. The number of nitrogens with two attached hydrogens (primary N) is 1. The molecule has 2 rings (SSSR count). The molecule has 0 spiro atoms. The van der Waals surface area contributed by atoms with E-state index in [4.69, 9.17) is 10.5 Å². The Morgan fingerprint density at radius 2 is 2.50 bits per heavy atom. The molecule has 1 saturated heterocycles. The Morgan fingerprint density at radius 1 is 1.70 bits per heavy atom. The molecule has 2 N–H and O–H groups in total. The minimum atomic E-state index is -1.06. The number of alkyl halides is 1. The first-order valence-corrected chi connectivity index (χ1v) is 6.17. The second kappa shape index (κ2) is 6.19. The average molecular weight is 278 g/mol. The molecule has 7 heteroatoms. The highest BCUT2D eigenvalue weighted by Crippen LogP contribution is 2.23. The molecule has 2 heterocycles. The standard InChI is InChI=1S/C13H15FN4O2/c1-2-3-12(19)18-6-9(14)4-10(18)7-20-11-5-16-8-17-13(11)15/h5,8-10H,4,6-7H2,1H3,(H2,15,16,17)/t9-,10+/m1/s1. The summed E-state index contributed by atoms with van der Waals surface area (Å²) < 4.78 is 19.0. The first-order valence-electron chi connectivity index (χ1n) is 6.17. The molecule has 0 aromatic carbocycles. The minimum Gasteiger partial charge on any atom is -0.486 e. The SMILES string of the molecule is CC#CC(=O)N1C[C@H](F)C[C@H]1COc1cncnc1N. The molecule has 1 aromatic heterocycles. The fraction of sp³-hybridized carbons (Fsp3) is 0.462. The van der Waals surface area contributed by atoms with E-state index in [2.05, 4.69) is 21.8 Å². The minimum absolute atomic E-state index is 0.0440. The van der Waals surface area contributed by atoms with Gasteiger partial charge in [-0.2, -0.15) is 0 Å². The first-order chi connectivity index (χ1) is 9.61. The highest BCUT2D eigenvalue weighted by atomic mass is 19.1. The third-order valence-corrected chi connectivity index (χ3v) is 3.00. The number of amides is 1. The Hall–Kier alpha value is -2.36. The maximum Gasteiger partial charge on any atom is 0.298 e. The number of nitrogen functional groups attached to an aromatic ring is 1. The monoisotopic (exact) mass is 278 g/mol. The van der Waals surface area contributed by atoms with E-state index in [1.54, 1.807) is 6.92 Å². The van der Waals surface area contributed by atoms with Crippen LogP contribution in [0.1, 0.15) is 13.3 Å². The number of hydrogen-bond donors (Lipinski definition) is 1. The molecule has 0 saturated carbocycles. The lowest BCUT2D eigenvalue weighted by atomic mass is 10.2. The molecule has 1 aliphatic rings. The lowest BCUT2D eigenvalue weighted by Gasteiger charge is -2.22. The number of nitrogens with zero attached hydrogens (tertiary/aromatic N) is 3. The summed E-state index contributed by atoms with van der Waals surface area (Å²) >= 11 is 0. The summed E-state index contributed by atoms with van der Waals surface area (Å²) in [5.41, 5.74) is 5.62. The van der Waals surface area contributed by atoms with Crippen molar-refractivity contribution in [3.05, 3.63) is 12.5 Å². The summed E-state index contributed by atoms with van der Waals surface area (Å²) in [6.45, 7) is 1.74. The van der Waals surface area contributed by atoms with Crippen molar-refractivity contribution in [2.45, 2.75) is 25.6 Å². The lowest BCUT2D eigenvalue weighted by Crippen LogP contribution is -2.38. The predicted octanol–water partition coefficient (Wildman–Crippen LogP) is 0.400. The Kier molecular flexibility index (Phi) is 4.35.